The molecule has 62 heavy (non-hydrogen) atoms. The molecule has 0 bridgehead atoms. The topological polar surface area (TPSA) is 11.4 Å². The first-order valence-electron chi connectivity index (χ1n) is 21.1. The monoisotopic (exact) mass is 809 g/mol. The molecule has 0 amide bonds. The standard InChI is InChI=1S/C58H39N3S/c1-3-17-43(18-4-1)59(46-21-14-22-47(38-46)60(44-19-5-2-6-20-44)48-34-36-53-52-25-10-12-28-57(52)62-58(53)39-48)45-32-29-40(30-33-45)42-31-35-51-50-24-9-11-26-55(50)61(56(51)37-42)54-27-13-16-41-15-7-8-23-49(41)54/h1-39H. The SMILES string of the molecule is c1ccc(N(c2ccc(-c3ccc4c5ccccc5n(-c5cccc6ccccc56)c4c3)cc2)c2cccc(N(c3ccccc3)c3ccc4c(c3)sc3ccccc34)c2)cc1. The van der Waals surface area contributed by atoms with Gasteiger partial charge in [-0.05, 0) is 108 Å². The lowest BCUT2D eigenvalue weighted by Crippen LogP contribution is -2.13. The molecule has 0 aliphatic carbocycles. The molecule has 0 spiro atoms. The van der Waals surface area contributed by atoms with Gasteiger partial charge < -0.3 is 14.4 Å². The Morgan fingerprint density at radius 3 is 1.56 bits per heavy atom. The van der Waals surface area contributed by atoms with E-state index in [4.69, 9.17) is 0 Å². The Hall–Kier alpha value is -7.92. The maximum absolute atomic E-state index is 2.44. The van der Waals surface area contributed by atoms with Crippen LogP contribution in [0.5, 0.6) is 0 Å². The number of anilines is 6. The average molecular weight is 810 g/mol. The van der Waals surface area contributed by atoms with Crippen LogP contribution in [0.25, 0.3) is 69.6 Å². The molecule has 292 valence electrons. The lowest BCUT2D eigenvalue weighted by Gasteiger charge is -2.29. The first-order valence-corrected chi connectivity index (χ1v) is 21.9. The zero-order valence-electron chi connectivity index (χ0n) is 33.8. The van der Waals surface area contributed by atoms with E-state index in [9.17, 15) is 0 Å². The Labute approximate surface area is 364 Å². The maximum atomic E-state index is 2.44. The normalized spacial score (nSPS) is 11.5. The number of hydrogen-bond acceptors (Lipinski definition) is 3. The first kappa shape index (κ1) is 36.0. The fraction of sp³-hybridized carbons (Fsp3) is 0. The number of para-hydroxylation sites is 3. The Morgan fingerprint density at radius 2 is 0.790 bits per heavy atom. The molecule has 12 aromatic rings. The predicted octanol–water partition coefficient (Wildman–Crippen LogP) is 16.9. The summed E-state index contributed by atoms with van der Waals surface area (Å²) in [4.78, 5) is 4.72. The van der Waals surface area contributed by atoms with E-state index in [1.165, 1.54) is 69.6 Å². The van der Waals surface area contributed by atoms with Crippen molar-refractivity contribution in [3.63, 3.8) is 0 Å². The Balaban J connectivity index is 0.953. The third-order valence-corrected chi connectivity index (χ3v) is 13.3. The van der Waals surface area contributed by atoms with Crippen molar-refractivity contribution in [1.29, 1.82) is 0 Å². The van der Waals surface area contributed by atoms with E-state index in [0.717, 1.165) is 34.1 Å². The second-order valence-electron chi connectivity index (χ2n) is 15.8. The van der Waals surface area contributed by atoms with Gasteiger partial charge in [-0.2, -0.15) is 0 Å². The van der Waals surface area contributed by atoms with Crippen LogP contribution in [0.2, 0.25) is 0 Å². The average Bonchev–Trinajstić information content (AvgIpc) is 3.88. The van der Waals surface area contributed by atoms with E-state index in [-0.39, 0.29) is 0 Å². The molecule has 0 radical (unpaired) electrons. The summed E-state index contributed by atoms with van der Waals surface area (Å²) in [5.41, 5.74) is 12.5. The lowest BCUT2D eigenvalue weighted by atomic mass is 10.0. The minimum Gasteiger partial charge on any atom is -0.310 e. The van der Waals surface area contributed by atoms with Gasteiger partial charge in [0.15, 0.2) is 0 Å². The van der Waals surface area contributed by atoms with E-state index in [2.05, 4.69) is 251 Å². The number of rotatable bonds is 8. The number of hydrogen-bond donors (Lipinski definition) is 0. The maximum Gasteiger partial charge on any atom is 0.0547 e. The number of benzene rings is 10. The van der Waals surface area contributed by atoms with Gasteiger partial charge in [0.1, 0.15) is 0 Å². The summed E-state index contributed by atoms with van der Waals surface area (Å²) in [6.07, 6.45) is 0. The van der Waals surface area contributed by atoms with Crippen LogP contribution in [-0.4, -0.2) is 4.57 Å². The van der Waals surface area contributed by atoms with Gasteiger partial charge in [0, 0.05) is 70.5 Å². The van der Waals surface area contributed by atoms with Crippen molar-refractivity contribution in [3.05, 3.63) is 237 Å². The molecule has 2 heterocycles. The molecule has 0 unspecified atom stereocenters. The van der Waals surface area contributed by atoms with Crippen LogP contribution in [0.3, 0.4) is 0 Å². The molecular formula is C58H39N3S. The second-order valence-corrected chi connectivity index (χ2v) is 16.9. The summed E-state index contributed by atoms with van der Waals surface area (Å²) in [6.45, 7) is 0. The van der Waals surface area contributed by atoms with Crippen LogP contribution in [0.4, 0.5) is 34.1 Å². The second kappa shape index (κ2) is 15.0. The molecule has 10 aromatic carbocycles. The highest BCUT2D eigenvalue weighted by molar-refractivity contribution is 7.25. The summed E-state index contributed by atoms with van der Waals surface area (Å²) in [5, 5.41) is 7.57. The minimum atomic E-state index is 1.08. The van der Waals surface area contributed by atoms with Gasteiger partial charge in [-0.1, -0.05) is 146 Å². The fourth-order valence-electron chi connectivity index (χ4n) is 9.29. The number of aromatic nitrogens is 1. The highest BCUT2D eigenvalue weighted by Gasteiger charge is 2.19. The van der Waals surface area contributed by atoms with Crippen LogP contribution in [0.1, 0.15) is 0 Å². The lowest BCUT2D eigenvalue weighted by molar-refractivity contribution is 1.20. The molecule has 0 aliphatic rings. The molecule has 3 nitrogen and oxygen atoms in total. The summed E-state index contributed by atoms with van der Waals surface area (Å²) in [6, 6.07) is 85.8. The van der Waals surface area contributed by atoms with Crippen LogP contribution in [0.15, 0.2) is 237 Å². The van der Waals surface area contributed by atoms with E-state index < -0.39 is 0 Å². The number of fused-ring (bicyclic) bond motifs is 7. The highest BCUT2D eigenvalue weighted by Crippen LogP contribution is 2.44. The highest BCUT2D eigenvalue weighted by atomic mass is 32.1. The van der Waals surface area contributed by atoms with E-state index >= 15 is 0 Å². The van der Waals surface area contributed by atoms with Gasteiger partial charge in [0.25, 0.3) is 0 Å². The van der Waals surface area contributed by atoms with E-state index in [1.807, 2.05) is 11.3 Å². The number of thiophene rings is 1. The molecule has 0 atom stereocenters. The summed E-state index contributed by atoms with van der Waals surface area (Å²) >= 11 is 1.85. The summed E-state index contributed by atoms with van der Waals surface area (Å²) < 4.78 is 5.02. The van der Waals surface area contributed by atoms with E-state index in [0.29, 0.717) is 0 Å². The molecule has 4 heteroatoms. The molecule has 0 aliphatic heterocycles. The van der Waals surface area contributed by atoms with Gasteiger partial charge in [0.05, 0.1) is 16.7 Å². The zero-order valence-corrected chi connectivity index (χ0v) is 34.6. The Kier molecular flexibility index (Phi) is 8.68. The van der Waals surface area contributed by atoms with Gasteiger partial charge >= 0.3 is 0 Å². The van der Waals surface area contributed by atoms with Crippen LogP contribution >= 0.6 is 11.3 Å². The summed E-state index contributed by atoms with van der Waals surface area (Å²) in [5.74, 6) is 0. The van der Waals surface area contributed by atoms with Crippen LogP contribution in [-0.2, 0) is 0 Å². The van der Waals surface area contributed by atoms with Gasteiger partial charge in [-0.15, -0.1) is 11.3 Å². The molecule has 2 aromatic heterocycles. The zero-order chi connectivity index (χ0) is 41.0. The molecule has 0 N–H and O–H groups in total. The van der Waals surface area contributed by atoms with Gasteiger partial charge in [-0.3, -0.25) is 0 Å². The largest absolute Gasteiger partial charge is 0.310 e. The Bertz CT molecular complexity index is 3580. The van der Waals surface area contributed by atoms with Crippen molar-refractivity contribution in [3.8, 4) is 16.8 Å². The van der Waals surface area contributed by atoms with Crippen molar-refractivity contribution >= 4 is 98.2 Å². The predicted molar refractivity (Wildman–Crippen MR) is 266 cm³/mol. The van der Waals surface area contributed by atoms with Crippen molar-refractivity contribution in [2.75, 3.05) is 9.80 Å². The summed E-state index contributed by atoms with van der Waals surface area (Å²) in [7, 11) is 0. The van der Waals surface area contributed by atoms with Crippen LogP contribution < -0.4 is 9.80 Å². The quantitative estimate of drug-likeness (QED) is 0.151. The first-order chi connectivity index (χ1) is 30.7. The molecule has 0 saturated carbocycles. The van der Waals surface area contributed by atoms with Crippen molar-refractivity contribution in [2.24, 2.45) is 0 Å². The van der Waals surface area contributed by atoms with Gasteiger partial charge in [0.2, 0.25) is 0 Å². The molecule has 0 fully saturated rings. The Morgan fingerprint density at radius 1 is 0.290 bits per heavy atom. The van der Waals surface area contributed by atoms with Crippen molar-refractivity contribution in [1.82, 2.24) is 4.57 Å². The van der Waals surface area contributed by atoms with E-state index in [1.54, 1.807) is 0 Å². The van der Waals surface area contributed by atoms with Crippen molar-refractivity contribution in [2.45, 2.75) is 0 Å². The third kappa shape index (κ3) is 6.11. The molecular weight excluding hydrogens is 771 g/mol. The molecule has 12 rings (SSSR count). The smallest absolute Gasteiger partial charge is 0.0547 e. The number of nitrogens with zero attached hydrogens (tertiary/aromatic N) is 3. The van der Waals surface area contributed by atoms with Crippen LogP contribution in [0, 0.1) is 0 Å². The minimum absolute atomic E-state index is 1.08. The van der Waals surface area contributed by atoms with Gasteiger partial charge in [-0.25, -0.2) is 0 Å². The third-order valence-electron chi connectivity index (χ3n) is 12.1. The van der Waals surface area contributed by atoms with Crippen molar-refractivity contribution < 1.29 is 0 Å². The molecule has 0 saturated heterocycles. The fourth-order valence-corrected chi connectivity index (χ4v) is 10.4.